The Morgan fingerprint density at radius 3 is 2.59 bits per heavy atom. The average Bonchev–Trinajstić information content (AvgIpc) is 2.31. The van der Waals surface area contributed by atoms with Crippen LogP contribution in [0.2, 0.25) is 0 Å². The highest BCUT2D eigenvalue weighted by Gasteiger charge is 2.06. The van der Waals surface area contributed by atoms with Crippen LogP contribution in [0.1, 0.15) is 33.1 Å². The van der Waals surface area contributed by atoms with E-state index < -0.39 is 0 Å². The van der Waals surface area contributed by atoms with E-state index in [4.69, 9.17) is 15.7 Å². The fraction of sp³-hybridized carbons (Fsp3) is 0.917. The van der Waals surface area contributed by atoms with Gasteiger partial charge >= 0.3 is 0 Å². The van der Waals surface area contributed by atoms with Crippen LogP contribution in [-0.2, 0) is 4.74 Å². The number of nitrogens with two attached hydrogens (primary N) is 1. The number of nitrogens with zero attached hydrogens (tertiary/aromatic N) is 2. The van der Waals surface area contributed by atoms with Crippen molar-refractivity contribution >= 4 is 5.84 Å². The molecular weight excluding hydrogens is 218 g/mol. The molecule has 0 aromatic heterocycles. The van der Waals surface area contributed by atoms with Gasteiger partial charge in [0.05, 0.1) is 6.61 Å². The van der Waals surface area contributed by atoms with Gasteiger partial charge in [-0.15, -0.1) is 0 Å². The van der Waals surface area contributed by atoms with Crippen LogP contribution in [0.15, 0.2) is 5.16 Å². The monoisotopic (exact) mass is 245 g/mol. The molecule has 3 N–H and O–H groups in total. The molecule has 0 unspecified atom stereocenters. The number of oxime groups is 1. The van der Waals surface area contributed by atoms with Gasteiger partial charge in [-0.1, -0.05) is 19.0 Å². The van der Waals surface area contributed by atoms with E-state index in [0.717, 1.165) is 32.2 Å². The van der Waals surface area contributed by atoms with Crippen LogP contribution in [0.25, 0.3) is 0 Å². The first-order valence-corrected chi connectivity index (χ1v) is 6.27. The molecule has 5 heteroatoms. The van der Waals surface area contributed by atoms with Crippen LogP contribution in [0.5, 0.6) is 0 Å². The molecule has 0 fully saturated rings. The van der Waals surface area contributed by atoms with Crippen molar-refractivity contribution in [1.29, 1.82) is 0 Å². The van der Waals surface area contributed by atoms with Gasteiger partial charge in [-0.3, -0.25) is 0 Å². The molecule has 0 aromatic rings. The second-order valence-corrected chi connectivity index (χ2v) is 4.71. The first-order chi connectivity index (χ1) is 8.10. The Labute approximate surface area is 105 Å². The van der Waals surface area contributed by atoms with Gasteiger partial charge in [0, 0.05) is 26.6 Å². The molecule has 0 radical (unpaired) electrons. The number of methoxy groups -OCH3 is 1. The van der Waals surface area contributed by atoms with E-state index in [1.165, 1.54) is 12.8 Å². The molecule has 0 spiro atoms. The van der Waals surface area contributed by atoms with E-state index in [1.54, 1.807) is 7.11 Å². The van der Waals surface area contributed by atoms with Gasteiger partial charge in [-0.2, -0.15) is 0 Å². The van der Waals surface area contributed by atoms with Crippen LogP contribution >= 0.6 is 0 Å². The summed E-state index contributed by atoms with van der Waals surface area (Å²) in [6, 6.07) is 0. The van der Waals surface area contributed by atoms with Gasteiger partial charge in [-0.25, -0.2) is 0 Å². The number of amidine groups is 1. The molecule has 5 nitrogen and oxygen atoms in total. The number of hydrogen-bond acceptors (Lipinski definition) is 4. The van der Waals surface area contributed by atoms with E-state index in [9.17, 15) is 0 Å². The van der Waals surface area contributed by atoms with Crippen molar-refractivity contribution in [2.24, 2.45) is 16.8 Å². The molecule has 102 valence electrons. The topological polar surface area (TPSA) is 71.1 Å². The van der Waals surface area contributed by atoms with Crippen LogP contribution in [0.4, 0.5) is 0 Å². The standard InChI is InChI=1S/C12H27N3O2/c1-11(2)5-4-7-15(9-10-17-3)8-6-12(13)14-16/h11,16H,4-10H2,1-3H3,(H2,13,14). The molecule has 0 saturated carbocycles. The zero-order chi connectivity index (χ0) is 13.1. The lowest BCUT2D eigenvalue weighted by Crippen LogP contribution is -2.32. The molecule has 0 rings (SSSR count). The van der Waals surface area contributed by atoms with E-state index in [0.29, 0.717) is 6.42 Å². The highest BCUT2D eigenvalue weighted by Crippen LogP contribution is 2.05. The van der Waals surface area contributed by atoms with Crippen LogP contribution in [-0.4, -0.2) is 49.3 Å². The quantitative estimate of drug-likeness (QED) is 0.265. The Morgan fingerprint density at radius 1 is 1.35 bits per heavy atom. The predicted octanol–water partition coefficient (Wildman–Crippen LogP) is 1.51. The molecule has 0 amide bonds. The summed E-state index contributed by atoms with van der Waals surface area (Å²) in [4.78, 5) is 2.30. The third-order valence-electron chi connectivity index (χ3n) is 2.68. The maximum absolute atomic E-state index is 8.49. The van der Waals surface area contributed by atoms with Gasteiger partial charge in [0.1, 0.15) is 5.84 Å². The molecule has 0 heterocycles. The summed E-state index contributed by atoms with van der Waals surface area (Å²) < 4.78 is 5.08. The van der Waals surface area contributed by atoms with Crippen molar-refractivity contribution in [3.05, 3.63) is 0 Å². The third kappa shape index (κ3) is 10.1. The Morgan fingerprint density at radius 2 is 2.06 bits per heavy atom. The van der Waals surface area contributed by atoms with Gasteiger partial charge in [-0.05, 0) is 25.3 Å². The third-order valence-corrected chi connectivity index (χ3v) is 2.68. The smallest absolute Gasteiger partial charge is 0.140 e. The van der Waals surface area contributed by atoms with Crippen molar-refractivity contribution in [1.82, 2.24) is 4.90 Å². The molecule has 0 aliphatic rings. The minimum atomic E-state index is 0.288. The second kappa shape index (κ2) is 10.4. The minimum Gasteiger partial charge on any atom is -0.409 e. The van der Waals surface area contributed by atoms with E-state index in [1.807, 2.05) is 0 Å². The number of rotatable bonds is 10. The van der Waals surface area contributed by atoms with Crippen molar-refractivity contribution < 1.29 is 9.94 Å². The lowest BCUT2D eigenvalue weighted by atomic mass is 10.1. The maximum Gasteiger partial charge on any atom is 0.140 e. The summed E-state index contributed by atoms with van der Waals surface area (Å²) >= 11 is 0. The fourth-order valence-electron chi connectivity index (χ4n) is 1.60. The zero-order valence-electron chi connectivity index (χ0n) is 11.4. The molecule has 17 heavy (non-hydrogen) atoms. The van der Waals surface area contributed by atoms with Crippen LogP contribution in [0, 0.1) is 5.92 Å². The van der Waals surface area contributed by atoms with Gasteiger partial charge in [0.2, 0.25) is 0 Å². The first-order valence-electron chi connectivity index (χ1n) is 6.27. The highest BCUT2D eigenvalue weighted by atomic mass is 16.5. The average molecular weight is 245 g/mol. The van der Waals surface area contributed by atoms with Crippen molar-refractivity contribution in [3.8, 4) is 0 Å². The van der Waals surface area contributed by atoms with Crippen LogP contribution in [0.3, 0.4) is 0 Å². The Balaban J connectivity index is 3.87. The van der Waals surface area contributed by atoms with Crippen LogP contribution < -0.4 is 5.73 Å². The van der Waals surface area contributed by atoms with Crippen molar-refractivity contribution in [2.45, 2.75) is 33.1 Å². The minimum absolute atomic E-state index is 0.288. The molecule has 0 aromatic carbocycles. The maximum atomic E-state index is 8.49. The van der Waals surface area contributed by atoms with E-state index >= 15 is 0 Å². The van der Waals surface area contributed by atoms with E-state index in [2.05, 4.69) is 23.9 Å². The highest BCUT2D eigenvalue weighted by molar-refractivity contribution is 5.79. The molecule has 0 atom stereocenters. The lowest BCUT2D eigenvalue weighted by molar-refractivity contribution is 0.147. The SMILES string of the molecule is COCCN(CCCC(C)C)CCC(N)=NO. The summed E-state index contributed by atoms with van der Waals surface area (Å²) in [6.45, 7) is 7.94. The van der Waals surface area contributed by atoms with Gasteiger partial charge < -0.3 is 20.6 Å². The zero-order valence-corrected chi connectivity index (χ0v) is 11.4. The Bertz CT molecular complexity index is 208. The van der Waals surface area contributed by atoms with E-state index in [-0.39, 0.29) is 5.84 Å². The normalized spacial score (nSPS) is 12.6. The summed E-state index contributed by atoms with van der Waals surface area (Å²) in [5, 5.41) is 11.5. The Kier molecular flexibility index (Phi) is 9.86. The molecule has 0 saturated heterocycles. The van der Waals surface area contributed by atoms with Gasteiger partial charge in [0.25, 0.3) is 0 Å². The molecule has 0 bridgehead atoms. The molecule has 0 aliphatic carbocycles. The summed E-state index contributed by atoms with van der Waals surface area (Å²) in [6.07, 6.45) is 3.01. The van der Waals surface area contributed by atoms with Gasteiger partial charge in [0.15, 0.2) is 0 Å². The fourth-order valence-corrected chi connectivity index (χ4v) is 1.60. The second-order valence-electron chi connectivity index (χ2n) is 4.71. The molecular formula is C12H27N3O2. The largest absolute Gasteiger partial charge is 0.409 e. The van der Waals surface area contributed by atoms with Crippen molar-refractivity contribution in [3.63, 3.8) is 0 Å². The van der Waals surface area contributed by atoms with Crippen molar-refractivity contribution in [2.75, 3.05) is 33.4 Å². The summed E-state index contributed by atoms with van der Waals surface area (Å²) in [5.74, 6) is 1.03. The first kappa shape index (κ1) is 16.2. The summed E-state index contributed by atoms with van der Waals surface area (Å²) in [5.41, 5.74) is 5.47. The predicted molar refractivity (Wildman–Crippen MR) is 70.4 cm³/mol. The number of ether oxygens (including phenoxy) is 1. The number of hydrogen-bond donors (Lipinski definition) is 2. The summed E-state index contributed by atoms with van der Waals surface area (Å²) in [7, 11) is 1.70. The molecule has 0 aliphatic heterocycles. The lowest BCUT2D eigenvalue weighted by Gasteiger charge is -2.22. The Hall–Kier alpha value is -0.810.